The standard InChI is InChI=1S/C23H18N2O5S/c26-23(27)19-14-18(30-15-16-6-2-1-3-7-16)11-12-21(19)25-31(28,29)22-13-10-17-8-4-5-9-20(17)24-22/h1-14,25H,15H2,(H,26,27). The number of para-hydroxylation sites is 1. The van der Waals surface area contributed by atoms with E-state index in [1.165, 1.54) is 24.3 Å². The number of aromatic carboxylic acids is 1. The first kappa shape index (κ1) is 20.4. The third-order valence-corrected chi connectivity index (χ3v) is 5.83. The smallest absolute Gasteiger partial charge is 0.337 e. The third kappa shape index (κ3) is 4.65. The summed E-state index contributed by atoms with van der Waals surface area (Å²) >= 11 is 0. The number of pyridine rings is 1. The number of carboxylic acid groups (broad SMARTS) is 1. The van der Waals surface area contributed by atoms with E-state index < -0.39 is 16.0 Å². The van der Waals surface area contributed by atoms with Gasteiger partial charge in [-0.05, 0) is 42.0 Å². The number of hydrogen-bond acceptors (Lipinski definition) is 5. The number of aromatic nitrogens is 1. The van der Waals surface area contributed by atoms with Crippen molar-refractivity contribution in [3.63, 3.8) is 0 Å². The predicted molar refractivity (Wildman–Crippen MR) is 117 cm³/mol. The molecule has 0 aliphatic rings. The number of rotatable bonds is 7. The third-order valence-electron chi connectivity index (χ3n) is 4.56. The molecule has 0 aliphatic carbocycles. The minimum Gasteiger partial charge on any atom is -0.489 e. The zero-order valence-electron chi connectivity index (χ0n) is 16.2. The molecule has 1 heterocycles. The van der Waals surface area contributed by atoms with Crippen molar-refractivity contribution >= 4 is 32.6 Å². The first-order valence-corrected chi connectivity index (χ1v) is 10.8. The number of nitrogens with one attached hydrogen (secondary N) is 1. The van der Waals surface area contributed by atoms with Gasteiger partial charge in [0.15, 0.2) is 5.03 Å². The Morgan fingerprint density at radius 2 is 1.68 bits per heavy atom. The van der Waals surface area contributed by atoms with Crippen LogP contribution in [0, 0.1) is 0 Å². The van der Waals surface area contributed by atoms with E-state index in [2.05, 4.69) is 9.71 Å². The fourth-order valence-corrected chi connectivity index (χ4v) is 4.05. The van der Waals surface area contributed by atoms with Crippen LogP contribution in [-0.4, -0.2) is 24.5 Å². The summed E-state index contributed by atoms with van der Waals surface area (Å²) in [5.74, 6) is -0.970. The van der Waals surface area contributed by atoms with E-state index in [9.17, 15) is 18.3 Å². The predicted octanol–water partition coefficient (Wildman–Crippen LogP) is 4.31. The van der Waals surface area contributed by atoms with Crippen LogP contribution in [0.2, 0.25) is 0 Å². The van der Waals surface area contributed by atoms with Crippen molar-refractivity contribution in [2.45, 2.75) is 11.6 Å². The highest BCUT2D eigenvalue weighted by atomic mass is 32.2. The molecule has 0 unspecified atom stereocenters. The molecular weight excluding hydrogens is 416 g/mol. The first-order chi connectivity index (χ1) is 14.9. The molecule has 0 atom stereocenters. The number of carboxylic acids is 1. The molecule has 0 aliphatic heterocycles. The van der Waals surface area contributed by atoms with Gasteiger partial charge in [-0.25, -0.2) is 9.78 Å². The molecule has 0 saturated carbocycles. The average molecular weight is 434 g/mol. The fourth-order valence-electron chi connectivity index (χ4n) is 3.01. The van der Waals surface area contributed by atoms with Crippen molar-refractivity contribution in [1.29, 1.82) is 0 Å². The van der Waals surface area contributed by atoms with Crippen molar-refractivity contribution in [2.24, 2.45) is 0 Å². The summed E-state index contributed by atoms with van der Waals surface area (Å²) in [5.41, 5.74) is 1.14. The topological polar surface area (TPSA) is 106 Å². The summed E-state index contributed by atoms with van der Waals surface area (Å²) < 4.78 is 33.6. The van der Waals surface area contributed by atoms with E-state index in [0.717, 1.165) is 10.9 Å². The maximum Gasteiger partial charge on any atom is 0.337 e. The zero-order valence-corrected chi connectivity index (χ0v) is 17.0. The molecule has 0 radical (unpaired) electrons. The molecule has 7 nitrogen and oxygen atoms in total. The summed E-state index contributed by atoms with van der Waals surface area (Å²) in [6.45, 7) is 0.256. The average Bonchev–Trinajstić information content (AvgIpc) is 2.78. The van der Waals surface area contributed by atoms with Crippen LogP contribution in [0.4, 0.5) is 5.69 Å². The molecule has 8 heteroatoms. The Bertz CT molecular complexity index is 1360. The summed E-state index contributed by atoms with van der Waals surface area (Å²) in [5, 5.41) is 10.2. The van der Waals surface area contributed by atoms with Gasteiger partial charge in [0.25, 0.3) is 10.0 Å². The molecule has 31 heavy (non-hydrogen) atoms. The van der Waals surface area contributed by atoms with Crippen molar-refractivity contribution in [2.75, 3.05) is 4.72 Å². The Labute approximate surface area is 179 Å². The molecule has 0 spiro atoms. The maximum absolute atomic E-state index is 12.8. The molecule has 3 aromatic carbocycles. The van der Waals surface area contributed by atoms with Crippen LogP contribution in [0.1, 0.15) is 15.9 Å². The van der Waals surface area contributed by atoms with Crippen molar-refractivity contribution in [1.82, 2.24) is 4.98 Å². The second kappa shape index (κ2) is 8.45. The van der Waals surface area contributed by atoms with E-state index in [0.29, 0.717) is 11.3 Å². The number of sulfonamides is 1. The molecule has 0 bridgehead atoms. The lowest BCUT2D eigenvalue weighted by Gasteiger charge is -2.13. The number of ether oxygens (including phenoxy) is 1. The van der Waals surface area contributed by atoms with Gasteiger partial charge in [-0.15, -0.1) is 0 Å². The van der Waals surface area contributed by atoms with Crippen LogP contribution in [0.15, 0.2) is 90.0 Å². The second-order valence-electron chi connectivity index (χ2n) is 6.73. The van der Waals surface area contributed by atoms with Gasteiger partial charge in [-0.1, -0.05) is 48.5 Å². The summed E-state index contributed by atoms with van der Waals surface area (Å²) in [6, 6.07) is 23.7. The Balaban J connectivity index is 1.59. The second-order valence-corrected chi connectivity index (χ2v) is 8.36. The molecule has 4 rings (SSSR count). The quantitative estimate of drug-likeness (QED) is 0.449. The fraction of sp³-hybridized carbons (Fsp3) is 0.0435. The van der Waals surface area contributed by atoms with E-state index in [1.807, 2.05) is 42.5 Å². The first-order valence-electron chi connectivity index (χ1n) is 9.35. The van der Waals surface area contributed by atoms with Gasteiger partial charge in [-0.2, -0.15) is 8.42 Å². The van der Waals surface area contributed by atoms with Crippen LogP contribution in [0.25, 0.3) is 10.9 Å². The van der Waals surface area contributed by atoms with Gasteiger partial charge in [0.05, 0.1) is 16.8 Å². The monoisotopic (exact) mass is 434 g/mol. The zero-order chi connectivity index (χ0) is 21.8. The molecule has 0 amide bonds. The molecule has 156 valence electrons. The SMILES string of the molecule is O=C(O)c1cc(OCc2ccccc2)ccc1NS(=O)(=O)c1ccc2ccccc2n1. The summed E-state index contributed by atoms with van der Waals surface area (Å²) in [7, 11) is -4.09. The molecule has 4 aromatic rings. The molecule has 2 N–H and O–H groups in total. The van der Waals surface area contributed by atoms with Crippen LogP contribution >= 0.6 is 0 Å². The molecule has 0 saturated heterocycles. The molecular formula is C23H18N2O5S. The maximum atomic E-state index is 12.8. The number of carbonyl (C=O) groups is 1. The lowest BCUT2D eigenvalue weighted by Crippen LogP contribution is -2.17. The largest absolute Gasteiger partial charge is 0.489 e. The number of anilines is 1. The van der Waals surface area contributed by atoms with Crippen molar-refractivity contribution < 1.29 is 23.1 Å². The van der Waals surface area contributed by atoms with E-state index in [4.69, 9.17) is 4.74 Å². The van der Waals surface area contributed by atoms with Crippen LogP contribution in [0.3, 0.4) is 0 Å². The Hall–Kier alpha value is -3.91. The lowest BCUT2D eigenvalue weighted by molar-refractivity contribution is 0.0697. The van der Waals surface area contributed by atoms with E-state index in [1.54, 1.807) is 18.2 Å². The minimum atomic E-state index is -4.09. The highest BCUT2D eigenvalue weighted by molar-refractivity contribution is 7.92. The van der Waals surface area contributed by atoms with E-state index in [-0.39, 0.29) is 22.9 Å². The Morgan fingerprint density at radius 1 is 0.935 bits per heavy atom. The van der Waals surface area contributed by atoms with Crippen LogP contribution in [-0.2, 0) is 16.6 Å². The highest BCUT2D eigenvalue weighted by Crippen LogP contribution is 2.26. The molecule has 1 aromatic heterocycles. The number of benzene rings is 3. The summed E-state index contributed by atoms with van der Waals surface area (Å²) in [6.07, 6.45) is 0. The number of hydrogen-bond donors (Lipinski definition) is 2. The highest BCUT2D eigenvalue weighted by Gasteiger charge is 2.21. The van der Waals surface area contributed by atoms with Gasteiger partial charge in [0, 0.05) is 5.39 Å². The van der Waals surface area contributed by atoms with Crippen LogP contribution < -0.4 is 9.46 Å². The minimum absolute atomic E-state index is 0.0745. The van der Waals surface area contributed by atoms with Gasteiger partial charge in [0.1, 0.15) is 12.4 Å². The van der Waals surface area contributed by atoms with Crippen molar-refractivity contribution in [3.05, 3.63) is 96.1 Å². The summed E-state index contributed by atoms with van der Waals surface area (Å²) in [4.78, 5) is 15.9. The van der Waals surface area contributed by atoms with Gasteiger partial charge in [-0.3, -0.25) is 4.72 Å². The van der Waals surface area contributed by atoms with Gasteiger partial charge in [0.2, 0.25) is 0 Å². The Kier molecular flexibility index (Phi) is 5.55. The number of fused-ring (bicyclic) bond motifs is 1. The normalized spacial score (nSPS) is 11.2. The van der Waals surface area contributed by atoms with Gasteiger partial charge < -0.3 is 9.84 Å². The van der Waals surface area contributed by atoms with Crippen LogP contribution in [0.5, 0.6) is 5.75 Å². The number of nitrogens with zero attached hydrogens (tertiary/aromatic N) is 1. The molecule has 0 fully saturated rings. The van der Waals surface area contributed by atoms with Crippen molar-refractivity contribution in [3.8, 4) is 5.75 Å². The van der Waals surface area contributed by atoms with Gasteiger partial charge >= 0.3 is 5.97 Å². The lowest BCUT2D eigenvalue weighted by atomic mass is 10.1. The van der Waals surface area contributed by atoms with E-state index >= 15 is 0 Å². The Morgan fingerprint density at radius 3 is 2.45 bits per heavy atom.